The number of hydrogen-bond acceptors (Lipinski definition) is 5. The number of carbonyl (C=O) groups excluding carboxylic acids is 2. The number of nitrogens with one attached hydrogen (secondary N) is 1. The molecule has 4 rings (SSSR count). The van der Waals surface area contributed by atoms with Crippen LogP contribution < -0.4 is 11.1 Å². The second-order valence-corrected chi connectivity index (χ2v) is 7.43. The van der Waals surface area contributed by atoms with E-state index in [0.717, 1.165) is 30.5 Å². The summed E-state index contributed by atoms with van der Waals surface area (Å²) in [7, 11) is 0. The molecule has 0 aliphatic heterocycles. The SMILES string of the molecule is NC(=O)C1=C(NC(=O)CSc2nncn2-c2ccccc2)CC2=C1CCC2. The summed E-state index contributed by atoms with van der Waals surface area (Å²) in [5, 5.41) is 11.5. The Kier molecular flexibility index (Phi) is 4.81. The third kappa shape index (κ3) is 3.52. The lowest BCUT2D eigenvalue weighted by atomic mass is 10.1. The van der Waals surface area contributed by atoms with E-state index in [1.54, 1.807) is 6.33 Å². The van der Waals surface area contributed by atoms with Crippen molar-refractivity contribution in [2.45, 2.75) is 30.8 Å². The fraction of sp³-hybridized carbons (Fsp3) is 0.263. The number of thioether (sulfide) groups is 1. The molecule has 27 heavy (non-hydrogen) atoms. The van der Waals surface area contributed by atoms with Crippen molar-refractivity contribution >= 4 is 23.6 Å². The number of aromatic nitrogens is 3. The molecular weight excluding hydrogens is 362 g/mol. The van der Waals surface area contributed by atoms with Crippen LogP contribution in [0.15, 0.2) is 64.2 Å². The molecule has 7 nitrogen and oxygen atoms in total. The van der Waals surface area contributed by atoms with Crippen LogP contribution in [0.4, 0.5) is 0 Å². The van der Waals surface area contributed by atoms with Crippen molar-refractivity contribution in [1.82, 2.24) is 20.1 Å². The highest BCUT2D eigenvalue weighted by Crippen LogP contribution is 2.41. The van der Waals surface area contributed by atoms with E-state index in [1.165, 1.54) is 17.3 Å². The number of nitrogens with two attached hydrogens (primary N) is 1. The first-order valence-corrected chi connectivity index (χ1v) is 9.74. The van der Waals surface area contributed by atoms with Crippen molar-refractivity contribution in [3.8, 4) is 5.69 Å². The Morgan fingerprint density at radius 1 is 1.22 bits per heavy atom. The topological polar surface area (TPSA) is 103 Å². The Balaban J connectivity index is 1.42. The van der Waals surface area contributed by atoms with Crippen LogP contribution in [0.3, 0.4) is 0 Å². The van der Waals surface area contributed by atoms with Gasteiger partial charge in [-0.3, -0.25) is 14.2 Å². The van der Waals surface area contributed by atoms with Crippen LogP contribution in [0.25, 0.3) is 5.69 Å². The monoisotopic (exact) mass is 381 g/mol. The van der Waals surface area contributed by atoms with Crippen molar-refractivity contribution in [3.05, 3.63) is 59.1 Å². The van der Waals surface area contributed by atoms with Crippen molar-refractivity contribution in [2.75, 3.05) is 5.75 Å². The minimum atomic E-state index is -0.464. The summed E-state index contributed by atoms with van der Waals surface area (Å²) in [5.74, 6) is -0.475. The first kappa shape index (κ1) is 17.5. The van der Waals surface area contributed by atoms with Crippen LogP contribution >= 0.6 is 11.8 Å². The van der Waals surface area contributed by atoms with Gasteiger partial charge in [0.1, 0.15) is 6.33 Å². The molecule has 8 heteroatoms. The maximum Gasteiger partial charge on any atom is 0.250 e. The van der Waals surface area contributed by atoms with E-state index in [4.69, 9.17) is 5.73 Å². The van der Waals surface area contributed by atoms with Gasteiger partial charge in [0, 0.05) is 17.8 Å². The number of allylic oxidation sites excluding steroid dienone is 1. The second kappa shape index (κ2) is 7.40. The molecule has 0 atom stereocenters. The van der Waals surface area contributed by atoms with Crippen molar-refractivity contribution in [2.24, 2.45) is 5.73 Å². The second-order valence-electron chi connectivity index (χ2n) is 6.49. The average molecular weight is 381 g/mol. The first-order chi connectivity index (χ1) is 13.1. The number of nitrogens with zero attached hydrogens (tertiary/aromatic N) is 3. The maximum absolute atomic E-state index is 12.4. The van der Waals surface area contributed by atoms with Crippen molar-refractivity contribution in [3.63, 3.8) is 0 Å². The van der Waals surface area contributed by atoms with Gasteiger partial charge in [-0.05, 0) is 37.0 Å². The summed E-state index contributed by atoms with van der Waals surface area (Å²) in [5.41, 5.74) is 9.89. The third-order valence-electron chi connectivity index (χ3n) is 4.75. The number of amides is 2. The molecule has 0 saturated heterocycles. The summed E-state index contributed by atoms with van der Waals surface area (Å²) in [6, 6.07) is 9.69. The van der Waals surface area contributed by atoms with Gasteiger partial charge in [-0.25, -0.2) is 0 Å². The Labute approximate surface area is 160 Å². The Morgan fingerprint density at radius 3 is 2.81 bits per heavy atom. The van der Waals surface area contributed by atoms with Crippen LogP contribution in [0, 0.1) is 0 Å². The number of rotatable bonds is 6. The number of para-hydroxylation sites is 1. The lowest BCUT2D eigenvalue weighted by molar-refractivity contribution is -0.117. The molecule has 138 valence electrons. The van der Waals surface area contributed by atoms with E-state index in [1.807, 2.05) is 34.9 Å². The highest BCUT2D eigenvalue weighted by atomic mass is 32.2. The minimum Gasteiger partial charge on any atom is -0.366 e. The fourth-order valence-corrected chi connectivity index (χ4v) is 4.34. The Hall–Kier alpha value is -2.87. The van der Waals surface area contributed by atoms with E-state index < -0.39 is 5.91 Å². The van der Waals surface area contributed by atoms with Gasteiger partial charge in [0.05, 0.1) is 11.3 Å². The van der Waals surface area contributed by atoms with Gasteiger partial charge in [-0.2, -0.15) is 0 Å². The first-order valence-electron chi connectivity index (χ1n) is 8.76. The Bertz CT molecular complexity index is 961. The minimum absolute atomic E-state index is 0.172. The van der Waals surface area contributed by atoms with Gasteiger partial charge in [0.2, 0.25) is 5.91 Å². The van der Waals surface area contributed by atoms with E-state index in [2.05, 4.69) is 15.5 Å². The highest BCUT2D eigenvalue weighted by molar-refractivity contribution is 7.99. The molecule has 0 unspecified atom stereocenters. The highest BCUT2D eigenvalue weighted by Gasteiger charge is 2.31. The summed E-state index contributed by atoms with van der Waals surface area (Å²) in [4.78, 5) is 24.3. The number of primary amides is 1. The molecule has 0 radical (unpaired) electrons. The van der Waals surface area contributed by atoms with Gasteiger partial charge in [-0.1, -0.05) is 35.5 Å². The number of hydrogen-bond donors (Lipinski definition) is 2. The van der Waals surface area contributed by atoms with Crippen LogP contribution in [0.1, 0.15) is 25.7 Å². The van der Waals surface area contributed by atoms with Crippen molar-refractivity contribution < 1.29 is 9.59 Å². The molecule has 1 aromatic heterocycles. The smallest absolute Gasteiger partial charge is 0.250 e. The average Bonchev–Trinajstić information content (AvgIpc) is 3.36. The van der Waals surface area contributed by atoms with Gasteiger partial charge >= 0.3 is 0 Å². The summed E-state index contributed by atoms with van der Waals surface area (Å²) < 4.78 is 1.83. The summed E-state index contributed by atoms with van der Waals surface area (Å²) in [6.07, 6.45) is 5.12. The van der Waals surface area contributed by atoms with Gasteiger partial charge in [-0.15, -0.1) is 10.2 Å². The standard InChI is InChI=1S/C19H19N5O2S/c20-18(26)17-14-8-4-5-12(14)9-15(17)22-16(25)10-27-19-23-21-11-24(19)13-6-2-1-3-7-13/h1-3,6-7,11H,4-5,8-10H2,(H2,20,26)(H,22,25). The van der Waals surface area contributed by atoms with Crippen LogP contribution in [0.2, 0.25) is 0 Å². The Morgan fingerprint density at radius 2 is 2.04 bits per heavy atom. The molecule has 0 fully saturated rings. The summed E-state index contributed by atoms with van der Waals surface area (Å²) in [6.45, 7) is 0. The predicted octanol–water partition coefficient (Wildman–Crippen LogP) is 2.10. The maximum atomic E-state index is 12.4. The van der Waals surface area contributed by atoms with Gasteiger partial charge in [0.15, 0.2) is 5.16 Å². The number of benzene rings is 1. The molecule has 2 aromatic rings. The fourth-order valence-electron chi connectivity index (χ4n) is 3.61. The normalized spacial score (nSPS) is 16.0. The quantitative estimate of drug-likeness (QED) is 0.746. The molecule has 1 heterocycles. The molecule has 2 amide bonds. The zero-order valence-corrected chi connectivity index (χ0v) is 15.5. The van der Waals surface area contributed by atoms with E-state index in [0.29, 0.717) is 22.8 Å². The molecule has 0 spiro atoms. The van der Waals surface area contributed by atoms with E-state index in [-0.39, 0.29) is 11.7 Å². The molecule has 3 N–H and O–H groups in total. The summed E-state index contributed by atoms with van der Waals surface area (Å²) >= 11 is 1.30. The molecular formula is C19H19N5O2S. The molecule has 2 aliphatic carbocycles. The van der Waals surface area contributed by atoms with Crippen LogP contribution in [0.5, 0.6) is 0 Å². The van der Waals surface area contributed by atoms with E-state index in [9.17, 15) is 9.59 Å². The molecule has 0 bridgehead atoms. The lowest BCUT2D eigenvalue weighted by Crippen LogP contribution is -2.28. The largest absolute Gasteiger partial charge is 0.366 e. The zero-order valence-electron chi connectivity index (χ0n) is 14.6. The zero-order chi connectivity index (χ0) is 18.8. The van der Waals surface area contributed by atoms with Crippen molar-refractivity contribution in [1.29, 1.82) is 0 Å². The van der Waals surface area contributed by atoms with E-state index >= 15 is 0 Å². The molecule has 0 saturated carbocycles. The number of carbonyl (C=O) groups is 2. The lowest BCUT2D eigenvalue weighted by Gasteiger charge is -2.11. The molecule has 2 aliphatic rings. The van der Waals surface area contributed by atoms with Crippen LogP contribution in [-0.4, -0.2) is 32.3 Å². The van der Waals surface area contributed by atoms with Gasteiger partial charge in [0.25, 0.3) is 5.91 Å². The van der Waals surface area contributed by atoms with Crippen LogP contribution in [-0.2, 0) is 9.59 Å². The van der Waals surface area contributed by atoms with Gasteiger partial charge < -0.3 is 11.1 Å². The predicted molar refractivity (Wildman–Crippen MR) is 102 cm³/mol. The third-order valence-corrected chi connectivity index (χ3v) is 5.69. The molecule has 1 aromatic carbocycles.